The van der Waals surface area contributed by atoms with E-state index >= 15 is 0 Å². The van der Waals surface area contributed by atoms with Crippen molar-refractivity contribution in [3.8, 4) is 0 Å². The SMILES string of the molecule is COC(=O)C1CCCC1S(=O)(=O)NCc1nc(C)no1. The average Bonchev–Trinajstić information content (AvgIpc) is 3.04. The lowest BCUT2D eigenvalue weighted by molar-refractivity contribution is -0.145. The summed E-state index contributed by atoms with van der Waals surface area (Å²) in [6, 6.07) is 0. The second kappa shape index (κ2) is 5.88. The molecule has 1 aliphatic rings. The largest absolute Gasteiger partial charge is 0.469 e. The zero-order valence-electron chi connectivity index (χ0n) is 11.3. The summed E-state index contributed by atoms with van der Waals surface area (Å²) in [4.78, 5) is 15.5. The molecule has 8 nitrogen and oxygen atoms in total. The number of hydrogen-bond acceptors (Lipinski definition) is 7. The number of nitrogens with one attached hydrogen (secondary N) is 1. The van der Waals surface area contributed by atoms with Gasteiger partial charge in [-0.15, -0.1) is 0 Å². The maximum absolute atomic E-state index is 12.2. The van der Waals surface area contributed by atoms with Crippen molar-refractivity contribution in [3.63, 3.8) is 0 Å². The Morgan fingerprint density at radius 1 is 1.50 bits per heavy atom. The van der Waals surface area contributed by atoms with E-state index in [0.717, 1.165) is 0 Å². The highest BCUT2D eigenvalue weighted by molar-refractivity contribution is 7.90. The highest BCUT2D eigenvalue weighted by atomic mass is 32.2. The van der Waals surface area contributed by atoms with Crippen LogP contribution in [0.5, 0.6) is 0 Å². The average molecular weight is 303 g/mol. The third kappa shape index (κ3) is 3.15. The summed E-state index contributed by atoms with van der Waals surface area (Å²) in [6.45, 7) is 1.57. The first-order chi connectivity index (χ1) is 9.44. The van der Waals surface area contributed by atoms with Crippen molar-refractivity contribution in [2.75, 3.05) is 7.11 Å². The van der Waals surface area contributed by atoms with Gasteiger partial charge in [0.2, 0.25) is 15.9 Å². The molecule has 1 N–H and O–H groups in total. The molecule has 20 heavy (non-hydrogen) atoms. The van der Waals surface area contributed by atoms with Gasteiger partial charge in [-0.2, -0.15) is 4.98 Å². The molecule has 1 aromatic rings. The molecule has 1 aromatic heterocycles. The molecule has 9 heteroatoms. The van der Waals surface area contributed by atoms with E-state index in [9.17, 15) is 13.2 Å². The number of aromatic nitrogens is 2. The van der Waals surface area contributed by atoms with Crippen molar-refractivity contribution in [1.82, 2.24) is 14.9 Å². The third-order valence-corrected chi connectivity index (χ3v) is 5.26. The van der Waals surface area contributed by atoms with Crippen LogP contribution >= 0.6 is 0 Å². The lowest BCUT2D eigenvalue weighted by Gasteiger charge is -2.17. The Bertz CT molecular complexity index is 583. The second-order valence-corrected chi connectivity index (χ2v) is 6.68. The van der Waals surface area contributed by atoms with Crippen LogP contribution in [0.15, 0.2) is 4.52 Å². The van der Waals surface area contributed by atoms with Crippen molar-refractivity contribution >= 4 is 16.0 Å². The Morgan fingerprint density at radius 2 is 2.25 bits per heavy atom. The third-order valence-electron chi connectivity index (χ3n) is 3.35. The number of methoxy groups -OCH3 is 1. The van der Waals surface area contributed by atoms with Gasteiger partial charge in [0.05, 0.1) is 24.8 Å². The van der Waals surface area contributed by atoms with Crippen LogP contribution < -0.4 is 4.72 Å². The molecule has 0 aromatic carbocycles. The molecule has 0 aliphatic heterocycles. The smallest absolute Gasteiger partial charge is 0.310 e. The van der Waals surface area contributed by atoms with Gasteiger partial charge in [0.1, 0.15) is 0 Å². The molecular weight excluding hydrogens is 286 g/mol. The fraction of sp³-hybridized carbons (Fsp3) is 0.727. The molecule has 112 valence electrons. The lowest BCUT2D eigenvalue weighted by Crippen LogP contribution is -2.39. The van der Waals surface area contributed by atoms with Gasteiger partial charge in [0.25, 0.3) is 0 Å². The number of carbonyl (C=O) groups excluding carboxylic acids is 1. The van der Waals surface area contributed by atoms with Crippen LogP contribution in [0, 0.1) is 12.8 Å². The summed E-state index contributed by atoms with van der Waals surface area (Å²) in [6.07, 6.45) is 1.65. The van der Waals surface area contributed by atoms with E-state index in [1.807, 2.05) is 0 Å². The minimum Gasteiger partial charge on any atom is -0.469 e. The Morgan fingerprint density at radius 3 is 2.85 bits per heavy atom. The van der Waals surface area contributed by atoms with E-state index in [-0.39, 0.29) is 12.4 Å². The molecule has 1 fully saturated rings. The predicted molar refractivity (Wildman–Crippen MR) is 67.9 cm³/mol. The quantitative estimate of drug-likeness (QED) is 0.770. The first-order valence-corrected chi connectivity index (χ1v) is 7.84. The first-order valence-electron chi connectivity index (χ1n) is 6.29. The molecule has 2 rings (SSSR count). The number of rotatable bonds is 5. The van der Waals surface area contributed by atoms with Gasteiger partial charge < -0.3 is 9.26 Å². The fourth-order valence-electron chi connectivity index (χ4n) is 2.40. The zero-order valence-corrected chi connectivity index (χ0v) is 12.1. The Labute approximate surface area is 116 Å². The zero-order chi connectivity index (χ0) is 14.8. The van der Waals surface area contributed by atoms with Gasteiger partial charge in [0.15, 0.2) is 5.82 Å². The Balaban J connectivity index is 2.04. The van der Waals surface area contributed by atoms with Crippen LogP contribution in [0.2, 0.25) is 0 Å². The number of nitrogens with zero attached hydrogens (tertiary/aromatic N) is 2. The van der Waals surface area contributed by atoms with E-state index in [4.69, 9.17) is 4.52 Å². The molecule has 0 radical (unpaired) electrons. The fourth-order valence-corrected chi connectivity index (χ4v) is 4.10. The topological polar surface area (TPSA) is 111 Å². The van der Waals surface area contributed by atoms with Gasteiger partial charge >= 0.3 is 5.97 Å². The molecule has 1 aliphatic carbocycles. The molecule has 2 atom stereocenters. The van der Waals surface area contributed by atoms with E-state index < -0.39 is 27.2 Å². The normalized spacial score (nSPS) is 22.9. The van der Waals surface area contributed by atoms with Crippen LogP contribution in [0.1, 0.15) is 31.0 Å². The number of esters is 1. The summed E-state index contributed by atoms with van der Waals surface area (Å²) in [5.41, 5.74) is 0. The molecule has 1 heterocycles. The van der Waals surface area contributed by atoms with E-state index in [0.29, 0.717) is 25.1 Å². The van der Waals surface area contributed by atoms with Crippen LogP contribution in [0.3, 0.4) is 0 Å². The summed E-state index contributed by atoms with van der Waals surface area (Å²) in [5, 5.41) is 2.81. The summed E-state index contributed by atoms with van der Waals surface area (Å²) < 4.78 is 36.4. The predicted octanol–water partition coefficient (Wildman–Crippen LogP) is 0.139. The second-order valence-electron chi connectivity index (χ2n) is 4.70. The molecule has 0 spiro atoms. The van der Waals surface area contributed by atoms with Gasteiger partial charge in [-0.05, 0) is 19.8 Å². The standard InChI is InChI=1S/C11H17N3O5S/c1-7-13-10(19-14-7)6-12-20(16,17)9-5-3-4-8(9)11(15)18-2/h8-9,12H,3-6H2,1-2H3. The minimum atomic E-state index is -3.63. The Kier molecular flexibility index (Phi) is 4.39. The number of hydrogen-bond donors (Lipinski definition) is 1. The van der Waals surface area contributed by atoms with Gasteiger partial charge in [-0.3, -0.25) is 4.79 Å². The minimum absolute atomic E-state index is 0.0758. The number of ether oxygens (including phenoxy) is 1. The summed E-state index contributed by atoms with van der Waals surface area (Å²) in [7, 11) is -2.37. The molecule has 2 unspecified atom stereocenters. The van der Waals surface area contributed by atoms with E-state index in [2.05, 4.69) is 19.6 Å². The van der Waals surface area contributed by atoms with Crippen LogP contribution in [0.25, 0.3) is 0 Å². The maximum Gasteiger partial charge on any atom is 0.310 e. The molecular formula is C11H17N3O5S. The van der Waals surface area contributed by atoms with Gasteiger partial charge in [0, 0.05) is 0 Å². The molecule has 0 bridgehead atoms. The lowest BCUT2D eigenvalue weighted by atomic mass is 10.1. The maximum atomic E-state index is 12.2. The molecule has 0 saturated heterocycles. The van der Waals surface area contributed by atoms with Crippen molar-refractivity contribution in [1.29, 1.82) is 0 Å². The first kappa shape index (κ1) is 14.9. The summed E-state index contributed by atoms with van der Waals surface area (Å²) in [5.74, 6) is -0.459. The Hall–Kier alpha value is -1.48. The van der Waals surface area contributed by atoms with Crippen molar-refractivity contribution in [3.05, 3.63) is 11.7 Å². The number of carbonyl (C=O) groups is 1. The van der Waals surface area contributed by atoms with Gasteiger partial charge in [-0.25, -0.2) is 13.1 Å². The highest BCUT2D eigenvalue weighted by Crippen LogP contribution is 2.31. The van der Waals surface area contributed by atoms with Crippen LogP contribution in [-0.2, 0) is 26.1 Å². The molecule has 0 amide bonds. The number of sulfonamides is 1. The van der Waals surface area contributed by atoms with Crippen LogP contribution in [0.4, 0.5) is 0 Å². The van der Waals surface area contributed by atoms with E-state index in [1.165, 1.54) is 7.11 Å². The number of aryl methyl sites for hydroxylation is 1. The van der Waals surface area contributed by atoms with Crippen molar-refractivity contribution < 1.29 is 22.5 Å². The van der Waals surface area contributed by atoms with E-state index in [1.54, 1.807) is 6.92 Å². The van der Waals surface area contributed by atoms with Crippen LogP contribution in [-0.4, -0.2) is 36.9 Å². The monoisotopic (exact) mass is 303 g/mol. The van der Waals surface area contributed by atoms with Crippen molar-refractivity contribution in [2.45, 2.75) is 38.0 Å². The summed E-state index contributed by atoms with van der Waals surface area (Å²) >= 11 is 0. The molecule has 1 saturated carbocycles. The van der Waals surface area contributed by atoms with Crippen molar-refractivity contribution in [2.24, 2.45) is 5.92 Å². The van der Waals surface area contributed by atoms with Gasteiger partial charge in [-0.1, -0.05) is 11.6 Å². The highest BCUT2D eigenvalue weighted by Gasteiger charge is 2.42.